The monoisotopic (exact) mass is 1450 g/mol. The second kappa shape index (κ2) is 73.8. The molecule has 19 heteroatoms. The highest BCUT2D eigenvalue weighted by Gasteiger charge is 2.30. The second-order valence-electron chi connectivity index (χ2n) is 27.0. The molecule has 3 N–H and O–H groups in total. The zero-order valence-electron chi connectivity index (χ0n) is 63.6. The predicted octanol–water partition coefficient (Wildman–Crippen LogP) is 23.2. The van der Waals surface area contributed by atoms with Crippen LogP contribution in [0.2, 0.25) is 0 Å². The molecule has 100 heavy (non-hydrogen) atoms. The second-order valence-corrected chi connectivity index (χ2v) is 29.9. The molecule has 0 rings (SSSR count). The Bertz CT molecular complexity index is 2180. The van der Waals surface area contributed by atoms with E-state index in [4.69, 9.17) is 37.0 Å². The molecule has 0 bridgehead atoms. The molecule has 0 heterocycles. The number of aliphatic hydroxyl groups is 1. The van der Waals surface area contributed by atoms with Gasteiger partial charge in [-0.25, -0.2) is 9.13 Å². The first-order valence-corrected chi connectivity index (χ1v) is 43.2. The molecule has 0 amide bonds. The summed E-state index contributed by atoms with van der Waals surface area (Å²) in [7, 11) is -9.94. The van der Waals surface area contributed by atoms with Crippen LogP contribution in [0.3, 0.4) is 0 Å². The number of aliphatic hydroxyl groups excluding tert-OH is 1. The van der Waals surface area contributed by atoms with E-state index in [2.05, 4.69) is 101 Å². The van der Waals surface area contributed by atoms with Crippen molar-refractivity contribution >= 4 is 39.5 Å². The van der Waals surface area contributed by atoms with Gasteiger partial charge in [-0.2, -0.15) is 0 Å². The number of esters is 4. The van der Waals surface area contributed by atoms with E-state index in [1.807, 2.05) is 0 Å². The van der Waals surface area contributed by atoms with E-state index in [0.717, 1.165) is 161 Å². The number of hydrogen-bond acceptors (Lipinski definition) is 15. The Labute approximate surface area is 609 Å². The van der Waals surface area contributed by atoms with E-state index in [1.54, 1.807) is 0 Å². The third kappa shape index (κ3) is 72.8. The van der Waals surface area contributed by atoms with Crippen LogP contribution < -0.4 is 0 Å². The number of rotatable bonds is 76. The van der Waals surface area contributed by atoms with Gasteiger partial charge in [0.05, 0.1) is 26.4 Å². The highest BCUT2D eigenvalue weighted by atomic mass is 31.2. The van der Waals surface area contributed by atoms with Gasteiger partial charge < -0.3 is 33.8 Å². The fourth-order valence-corrected chi connectivity index (χ4v) is 12.6. The number of phosphoric ester groups is 2. The Morgan fingerprint density at radius 2 is 0.520 bits per heavy atom. The lowest BCUT2D eigenvalue weighted by Crippen LogP contribution is -2.30. The summed E-state index contributed by atoms with van der Waals surface area (Å²) in [6.45, 7) is 4.77. The molecule has 0 aromatic carbocycles. The van der Waals surface area contributed by atoms with Crippen molar-refractivity contribution in [3.05, 3.63) is 72.9 Å². The molecule has 0 radical (unpaired) electrons. The number of carbonyl (C=O) groups is 4. The number of unbranched alkanes of at least 4 members (excludes halogenated alkanes) is 38. The van der Waals surface area contributed by atoms with Gasteiger partial charge in [0.2, 0.25) is 0 Å². The van der Waals surface area contributed by atoms with Crippen LogP contribution in [0.25, 0.3) is 0 Å². The molecule has 0 fully saturated rings. The van der Waals surface area contributed by atoms with E-state index in [0.29, 0.717) is 25.7 Å². The highest BCUT2D eigenvalue weighted by Crippen LogP contribution is 2.45. The van der Waals surface area contributed by atoms with Crippen LogP contribution in [0.5, 0.6) is 0 Å². The van der Waals surface area contributed by atoms with Crippen LogP contribution >= 0.6 is 15.6 Å². The molecule has 0 saturated carbocycles. The SMILES string of the molecule is CC/C=C\C/C=C\C/C=C\C/C=C\CCCCCCCCC(=O)OCC(COP(=O)(O)OCC(O)COP(=O)(O)OCC(COC(=O)CCCCCCC/C=C\C/C=C\CCCCC)OC(=O)CCCCCCCCCCCCCCC)OC(=O)CCCCCCCCCCCCCCC. The van der Waals surface area contributed by atoms with Gasteiger partial charge in [-0.1, -0.05) is 312 Å². The zero-order chi connectivity index (χ0) is 73.2. The van der Waals surface area contributed by atoms with Crippen LogP contribution in [-0.2, 0) is 65.4 Å². The predicted molar refractivity (Wildman–Crippen MR) is 409 cm³/mol. The van der Waals surface area contributed by atoms with E-state index >= 15 is 0 Å². The molecule has 0 saturated heterocycles. The number of hydrogen-bond donors (Lipinski definition) is 3. The summed E-state index contributed by atoms with van der Waals surface area (Å²) >= 11 is 0. The molecule has 0 aliphatic carbocycles. The maximum atomic E-state index is 13.1. The molecule has 582 valence electrons. The van der Waals surface area contributed by atoms with Crippen LogP contribution in [0.4, 0.5) is 0 Å². The summed E-state index contributed by atoms with van der Waals surface area (Å²) < 4.78 is 68.6. The maximum absolute atomic E-state index is 13.1. The van der Waals surface area contributed by atoms with Crippen LogP contribution in [-0.4, -0.2) is 96.7 Å². The first kappa shape index (κ1) is 96.5. The summed E-state index contributed by atoms with van der Waals surface area (Å²) in [5.41, 5.74) is 0. The Morgan fingerprint density at radius 3 is 0.820 bits per heavy atom. The number of allylic oxidation sites excluding steroid dienone is 12. The molecule has 0 aromatic rings. The minimum Gasteiger partial charge on any atom is -0.462 e. The third-order valence-corrected chi connectivity index (χ3v) is 19.1. The Hall–Kier alpha value is -3.50. The fraction of sp³-hybridized carbons (Fsp3) is 0.802. The normalized spacial score (nSPS) is 14.3. The van der Waals surface area contributed by atoms with Crippen molar-refractivity contribution in [2.45, 2.75) is 380 Å². The zero-order valence-corrected chi connectivity index (χ0v) is 65.4. The minimum atomic E-state index is -4.97. The molecular formula is C81H146O17P2. The van der Waals surface area contributed by atoms with Crippen molar-refractivity contribution in [3.63, 3.8) is 0 Å². The topological polar surface area (TPSA) is 237 Å². The van der Waals surface area contributed by atoms with Gasteiger partial charge in [0.15, 0.2) is 12.2 Å². The first-order chi connectivity index (χ1) is 48.7. The standard InChI is InChI=1S/C81H146O17P2/c1-5-9-13-17-21-25-29-33-35-36-37-38-40-44-46-50-54-58-62-66-79(84)92-72-77(98-81(86)68-64-60-56-52-48-42-32-28-24-20-16-12-8-4)74-96-100(89,90)94-70-75(82)69-93-99(87,88)95-73-76(97-80(85)67-63-59-55-51-47-41-31-27-23-19-15-11-7-3)71-91-78(83)65-61-57-53-49-45-43-39-34-30-26-22-18-14-10-6-2/h9,13,21-22,25-26,33-35,37-39,75-77,82H,5-8,10-12,14-20,23-24,27-32,36,40-74H2,1-4H3,(H,87,88)(H,89,90)/b13-9-,25-21-,26-22-,35-33-,38-37-,39-34-. The summed E-state index contributed by atoms with van der Waals surface area (Å²) in [6.07, 6.45) is 74.4. The van der Waals surface area contributed by atoms with Gasteiger partial charge in [0.25, 0.3) is 0 Å². The van der Waals surface area contributed by atoms with Crippen molar-refractivity contribution in [1.82, 2.24) is 0 Å². The van der Waals surface area contributed by atoms with Gasteiger partial charge in [0.1, 0.15) is 19.3 Å². The third-order valence-electron chi connectivity index (χ3n) is 17.2. The smallest absolute Gasteiger partial charge is 0.462 e. The summed E-state index contributed by atoms with van der Waals surface area (Å²) in [5, 5.41) is 10.6. The van der Waals surface area contributed by atoms with Crippen molar-refractivity contribution in [3.8, 4) is 0 Å². The molecule has 5 atom stereocenters. The highest BCUT2D eigenvalue weighted by molar-refractivity contribution is 7.47. The van der Waals surface area contributed by atoms with Crippen molar-refractivity contribution in [2.75, 3.05) is 39.6 Å². The average molecular weight is 1450 g/mol. The quantitative estimate of drug-likeness (QED) is 0.0169. The van der Waals surface area contributed by atoms with Crippen LogP contribution in [0.1, 0.15) is 362 Å². The Kier molecular flexibility index (Phi) is 71.2. The average Bonchev–Trinajstić information content (AvgIpc) is 0.935. The van der Waals surface area contributed by atoms with Gasteiger partial charge in [-0.05, 0) is 96.3 Å². The van der Waals surface area contributed by atoms with Gasteiger partial charge in [-0.15, -0.1) is 0 Å². The molecule has 0 aliphatic heterocycles. The Balaban J connectivity index is 5.31. The molecule has 5 unspecified atom stereocenters. The van der Waals surface area contributed by atoms with Gasteiger partial charge in [0, 0.05) is 25.7 Å². The lowest BCUT2D eigenvalue weighted by atomic mass is 10.0. The number of carbonyl (C=O) groups excluding carboxylic acids is 4. The minimum absolute atomic E-state index is 0.0968. The van der Waals surface area contributed by atoms with E-state index in [1.165, 1.54) is 122 Å². The largest absolute Gasteiger partial charge is 0.472 e. The molecular weight excluding hydrogens is 1310 g/mol. The van der Waals surface area contributed by atoms with E-state index in [-0.39, 0.29) is 25.7 Å². The molecule has 0 aromatic heterocycles. The van der Waals surface area contributed by atoms with E-state index in [9.17, 15) is 43.2 Å². The van der Waals surface area contributed by atoms with Crippen LogP contribution in [0, 0.1) is 0 Å². The fourth-order valence-electron chi connectivity index (χ4n) is 11.1. The molecule has 0 aliphatic rings. The first-order valence-electron chi connectivity index (χ1n) is 40.2. The van der Waals surface area contributed by atoms with Crippen molar-refractivity contribution < 1.29 is 80.2 Å². The van der Waals surface area contributed by atoms with E-state index < -0.39 is 97.5 Å². The van der Waals surface area contributed by atoms with Gasteiger partial charge >= 0.3 is 39.5 Å². The summed E-state index contributed by atoms with van der Waals surface area (Å²) in [6, 6.07) is 0. The lowest BCUT2D eigenvalue weighted by Gasteiger charge is -2.21. The molecule has 0 spiro atoms. The summed E-state index contributed by atoms with van der Waals surface area (Å²) in [5.74, 6) is -2.17. The summed E-state index contributed by atoms with van der Waals surface area (Å²) in [4.78, 5) is 73.0. The number of ether oxygens (including phenoxy) is 4. The Morgan fingerprint density at radius 1 is 0.290 bits per heavy atom. The van der Waals surface area contributed by atoms with Crippen molar-refractivity contribution in [2.24, 2.45) is 0 Å². The van der Waals surface area contributed by atoms with Gasteiger partial charge in [-0.3, -0.25) is 37.3 Å². The lowest BCUT2D eigenvalue weighted by molar-refractivity contribution is -0.161. The number of phosphoric acid groups is 2. The molecule has 17 nitrogen and oxygen atoms in total. The maximum Gasteiger partial charge on any atom is 0.472 e. The van der Waals surface area contributed by atoms with Crippen molar-refractivity contribution in [1.29, 1.82) is 0 Å². The van der Waals surface area contributed by atoms with Crippen LogP contribution in [0.15, 0.2) is 72.9 Å².